The third kappa shape index (κ3) is 4.98. The summed E-state index contributed by atoms with van der Waals surface area (Å²) in [6.07, 6.45) is 4.02. The van der Waals surface area contributed by atoms with E-state index in [1.54, 1.807) is 0 Å². The van der Waals surface area contributed by atoms with Gasteiger partial charge in [0.1, 0.15) is 0 Å². The molecule has 1 fully saturated rings. The summed E-state index contributed by atoms with van der Waals surface area (Å²) < 4.78 is 0. The SMILES string of the molecule is CC(C)CCNC1CCCN(C(C)C)C1. The molecule has 1 unspecified atom stereocenters. The average molecular weight is 212 g/mol. The fraction of sp³-hybridized carbons (Fsp3) is 1.00. The summed E-state index contributed by atoms with van der Waals surface area (Å²) in [5.41, 5.74) is 0. The van der Waals surface area contributed by atoms with Crippen LogP contribution in [0, 0.1) is 5.92 Å². The van der Waals surface area contributed by atoms with Gasteiger partial charge in [-0.05, 0) is 52.1 Å². The second-order valence-corrected chi connectivity index (χ2v) is 5.56. The molecule has 1 atom stereocenters. The Kier molecular flexibility index (Phi) is 5.62. The summed E-state index contributed by atoms with van der Waals surface area (Å²) in [6.45, 7) is 12.9. The molecule has 1 saturated heterocycles. The van der Waals surface area contributed by atoms with Crippen molar-refractivity contribution in [1.82, 2.24) is 10.2 Å². The monoisotopic (exact) mass is 212 g/mol. The van der Waals surface area contributed by atoms with Crippen LogP contribution in [0.1, 0.15) is 47.0 Å². The van der Waals surface area contributed by atoms with Gasteiger partial charge in [0.2, 0.25) is 0 Å². The summed E-state index contributed by atoms with van der Waals surface area (Å²) in [6, 6.07) is 1.44. The maximum Gasteiger partial charge on any atom is 0.0195 e. The molecule has 0 aromatic carbocycles. The minimum absolute atomic E-state index is 0.708. The lowest BCUT2D eigenvalue weighted by Crippen LogP contribution is -2.48. The normalized spacial score (nSPS) is 24.0. The van der Waals surface area contributed by atoms with Crippen molar-refractivity contribution in [2.24, 2.45) is 5.92 Å². The first-order chi connectivity index (χ1) is 7.09. The van der Waals surface area contributed by atoms with E-state index in [9.17, 15) is 0 Å². The Labute approximate surface area is 95.4 Å². The van der Waals surface area contributed by atoms with E-state index in [1.807, 2.05) is 0 Å². The van der Waals surface area contributed by atoms with Crippen LogP contribution >= 0.6 is 0 Å². The zero-order valence-corrected chi connectivity index (χ0v) is 10.9. The first kappa shape index (κ1) is 13.0. The van der Waals surface area contributed by atoms with Gasteiger partial charge in [-0.2, -0.15) is 0 Å². The van der Waals surface area contributed by atoms with Crippen LogP contribution in [-0.4, -0.2) is 36.6 Å². The van der Waals surface area contributed by atoms with Crippen molar-refractivity contribution in [3.63, 3.8) is 0 Å². The quantitative estimate of drug-likeness (QED) is 0.753. The number of piperidine rings is 1. The van der Waals surface area contributed by atoms with Crippen molar-refractivity contribution in [2.75, 3.05) is 19.6 Å². The van der Waals surface area contributed by atoms with Gasteiger partial charge >= 0.3 is 0 Å². The van der Waals surface area contributed by atoms with Crippen LogP contribution in [-0.2, 0) is 0 Å². The Morgan fingerprint density at radius 2 is 2.00 bits per heavy atom. The fourth-order valence-electron chi connectivity index (χ4n) is 2.22. The lowest BCUT2D eigenvalue weighted by atomic mass is 10.0. The molecule has 0 aromatic heterocycles. The van der Waals surface area contributed by atoms with Crippen LogP contribution < -0.4 is 5.32 Å². The molecule has 1 aliphatic rings. The van der Waals surface area contributed by atoms with Gasteiger partial charge in [0.25, 0.3) is 0 Å². The number of rotatable bonds is 5. The molecule has 0 spiro atoms. The van der Waals surface area contributed by atoms with Gasteiger partial charge in [-0.3, -0.25) is 4.90 Å². The minimum Gasteiger partial charge on any atom is -0.313 e. The van der Waals surface area contributed by atoms with Gasteiger partial charge in [0, 0.05) is 18.6 Å². The second kappa shape index (κ2) is 6.49. The van der Waals surface area contributed by atoms with Crippen LogP contribution in [0.4, 0.5) is 0 Å². The van der Waals surface area contributed by atoms with Crippen LogP contribution in [0.15, 0.2) is 0 Å². The molecule has 0 radical (unpaired) electrons. The van der Waals surface area contributed by atoms with Crippen LogP contribution in [0.3, 0.4) is 0 Å². The van der Waals surface area contributed by atoms with E-state index in [1.165, 1.54) is 38.9 Å². The van der Waals surface area contributed by atoms with Gasteiger partial charge in [0.05, 0.1) is 0 Å². The number of nitrogens with one attached hydrogen (secondary N) is 1. The van der Waals surface area contributed by atoms with E-state index in [-0.39, 0.29) is 0 Å². The topological polar surface area (TPSA) is 15.3 Å². The molecule has 1 N–H and O–H groups in total. The Morgan fingerprint density at radius 1 is 1.27 bits per heavy atom. The highest BCUT2D eigenvalue weighted by Gasteiger charge is 2.20. The Hall–Kier alpha value is -0.0800. The highest BCUT2D eigenvalue weighted by atomic mass is 15.2. The molecule has 1 rings (SSSR count). The first-order valence-corrected chi connectivity index (χ1v) is 6.57. The number of nitrogens with zero attached hydrogens (tertiary/aromatic N) is 1. The number of likely N-dealkylation sites (tertiary alicyclic amines) is 1. The molecule has 1 heterocycles. The van der Waals surface area contributed by atoms with Gasteiger partial charge in [-0.1, -0.05) is 13.8 Å². The molecule has 0 aromatic rings. The second-order valence-electron chi connectivity index (χ2n) is 5.56. The van der Waals surface area contributed by atoms with Crippen molar-refractivity contribution in [3.05, 3.63) is 0 Å². The summed E-state index contributed by atoms with van der Waals surface area (Å²) >= 11 is 0. The number of hydrogen-bond acceptors (Lipinski definition) is 2. The smallest absolute Gasteiger partial charge is 0.0195 e. The van der Waals surface area contributed by atoms with Gasteiger partial charge < -0.3 is 5.32 Å². The first-order valence-electron chi connectivity index (χ1n) is 6.57. The minimum atomic E-state index is 0.708. The van der Waals surface area contributed by atoms with Crippen LogP contribution in [0.5, 0.6) is 0 Å². The largest absolute Gasteiger partial charge is 0.313 e. The summed E-state index contributed by atoms with van der Waals surface area (Å²) in [4.78, 5) is 2.59. The molecule has 2 nitrogen and oxygen atoms in total. The fourth-order valence-corrected chi connectivity index (χ4v) is 2.22. The molecule has 0 amide bonds. The van der Waals surface area contributed by atoms with Crippen LogP contribution in [0.25, 0.3) is 0 Å². The molecular formula is C13H28N2. The summed E-state index contributed by atoms with van der Waals surface area (Å²) in [5, 5.41) is 3.70. The van der Waals surface area contributed by atoms with E-state index >= 15 is 0 Å². The average Bonchev–Trinajstić information content (AvgIpc) is 2.17. The highest BCUT2D eigenvalue weighted by molar-refractivity contribution is 4.79. The zero-order chi connectivity index (χ0) is 11.3. The molecular weight excluding hydrogens is 184 g/mol. The van der Waals surface area contributed by atoms with E-state index in [0.717, 1.165) is 12.0 Å². The molecule has 90 valence electrons. The van der Waals surface area contributed by atoms with E-state index in [2.05, 4.69) is 37.9 Å². The molecule has 0 bridgehead atoms. The van der Waals surface area contributed by atoms with Crippen LogP contribution in [0.2, 0.25) is 0 Å². The van der Waals surface area contributed by atoms with Crippen molar-refractivity contribution >= 4 is 0 Å². The molecule has 1 aliphatic heterocycles. The maximum atomic E-state index is 3.70. The lowest BCUT2D eigenvalue weighted by molar-refractivity contribution is 0.154. The Bertz CT molecular complexity index is 166. The summed E-state index contributed by atoms with van der Waals surface area (Å²) in [5.74, 6) is 0.822. The Balaban J connectivity index is 2.18. The third-order valence-electron chi connectivity index (χ3n) is 3.34. The zero-order valence-electron chi connectivity index (χ0n) is 10.9. The predicted molar refractivity (Wildman–Crippen MR) is 67.2 cm³/mol. The highest BCUT2D eigenvalue weighted by Crippen LogP contribution is 2.12. The van der Waals surface area contributed by atoms with Crippen molar-refractivity contribution in [1.29, 1.82) is 0 Å². The van der Waals surface area contributed by atoms with Gasteiger partial charge in [-0.15, -0.1) is 0 Å². The molecule has 0 saturated carbocycles. The lowest BCUT2D eigenvalue weighted by Gasteiger charge is -2.36. The number of hydrogen-bond donors (Lipinski definition) is 1. The van der Waals surface area contributed by atoms with Crippen molar-refractivity contribution < 1.29 is 0 Å². The van der Waals surface area contributed by atoms with Gasteiger partial charge in [-0.25, -0.2) is 0 Å². The Morgan fingerprint density at radius 3 is 2.60 bits per heavy atom. The summed E-state index contributed by atoms with van der Waals surface area (Å²) in [7, 11) is 0. The van der Waals surface area contributed by atoms with E-state index in [4.69, 9.17) is 0 Å². The van der Waals surface area contributed by atoms with E-state index < -0.39 is 0 Å². The van der Waals surface area contributed by atoms with Crippen molar-refractivity contribution in [3.8, 4) is 0 Å². The molecule has 0 aliphatic carbocycles. The molecule has 15 heavy (non-hydrogen) atoms. The van der Waals surface area contributed by atoms with Crippen molar-refractivity contribution in [2.45, 2.75) is 59.0 Å². The van der Waals surface area contributed by atoms with E-state index in [0.29, 0.717) is 6.04 Å². The standard InChI is InChI=1S/C13H28N2/c1-11(2)7-8-14-13-6-5-9-15(10-13)12(3)4/h11-14H,5-10H2,1-4H3. The predicted octanol–water partition coefficient (Wildman–Crippen LogP) is 2.49. The maximum absolute atomic E-state index is 3.70. The third-order valence-corrected chi connectivity index (χ3v) is 3.34. The molecule has 2 heteroatoms. The van der Waals surface area contributed by atoms with Gasteiger partial charge in [0.15, 0.2) is 0 Å².